The summed E-state index contributed by atoms with van der Waals surface area (Å²) in [5.74, 6) is 7.86. The summed E-state index contributed by atoms with van der Waals surface area (Å²) >= 11 is -0.788. The highest BCUT2D eigenvalue weighted by Crippen LogP contribution is 2.39. The molecule has 3 aromatic rings. The van der Waals surface area contributed by atoms with E-state index in [1.54, 1.807) is 13.2 Å². The van der Waals surface area contributed by atoms with Crippen molar-refractivity contribution in [1.82, 2.24) is 0 Å². The second kappa shape index (κ2) is 13.6. The molecule has 6 heteroatoms. The van der Waals surface area contributed by atoms with Crippen molar-refractivity contribution in [3.8, 4) is 34.5 Å². The summed E-state index contributed by atoms with van der Waals surface area (Å²) in [5.41, 5.74) is 8.56. The van der Waals surface area contributed by atoms with Crippen LogP contribution >= 0.6 is 0 Å². The van der Waals surface area contributed by atoms with Gasteiger partial charge < -0.3 is 18.8 Å². The summed E-state index contributed by atoms with van der Waals surface area (Å²) in [6, 6.07) is 18.5. The fourth-order valence-corrected chi connectivity index (χ4v) is 5.66. The lowest BCUT2D eigenvalue weighted by Gasteiger charge is -2.25. The van der Waals surface area contributed by atoms with Crippen molar-refractivity contribution in [3.63, 3.8) is 0 Å². The number of hydrogen-bond acceptors (Lipinski definition) is 5. The third kappa shape index (κ3) is 7.38. The van der Waals surface area contributed by atoms with Crippen LogP contribution < -0.4 is 9.47 Å². The molecule has 0 bridgehead atoms. The maximum absolute atomic E-state index is 11.8. The molecule has 1 unspecified atom stereocenters. The molecule has 0 radical (unpaired) electrons. The molecule has 204 valence electrons. The van der Waals surface area contributed by atoms with Crippen molar-refractivity contribution in [2.24, 2.45) is 0 Å². The number of ether oxygens (including phenoxy) is 3. The Balaban J connectivity index is 1.46. The first-order valence-corrected chi connectivity index (χ1v) is 15.0. The number of benzene rings is 3. The number of fused-ring (bicyclic) bond motifs is 3. The smallest absolute Gasteiger partial charge is 0.307 e. The monoisotopic (exact) mass is 544 g/mol. The molecule has 0 saturated carbocycles. The summed E-state index contributed by atoms with van der Waals surface area (Å²) in [5, 5.41) is 0. The quantitative estimate of drug-likeness (QED) is 0.125. The molecule has 0 aromatic heterocycles. The van der Waals surface area contributed by atoms with E-state index in [0.717, 1.165) is 36.3 Å². The lowest BCUT2D eigenvalue weighted by Crippen LogP contribution is -2.11. The van der Waals surface area contributed by atoms with Gasteiger partial charge in [0, 0.05) is 6.42 Å². The number of hydrogen-bond donors (Lipinski definition) is 0. The Morgan fingerprint density at radius 3 is 2.59 bits per heavy atom. The topological polar surface area (TPSA) is 67.8 Å². The average Bonchev–Trinajstić information content (AvgIpc) is 2.93. The predicted octanol–water partition coefficient (Wildman–Crippen LogP) is 6.16. The van der Waals surface area contributed by atoms with Gasteiger partial charge in [-0.2, -0.15) is 0 Å². The molecule has 0 fully saturated rings. The Kier molecular flexibility index (Phi) is 9.97. The van der Waals surface area contributed by atoms with Crippen LogP contribution in [0.5, 0.6) is 11.5 Å². The SMILES string of the molecule is CC#C[C@@H](CC(=O)OC)c1ccc(OCc2cccc3c2CCc2cc(OCCC[S+](C)[O-])cc(C)c2-3)cc1. The lowest BCUT2D eigenvalue weighted by atomic mass is 9.81. The van der Waals surface area contributed by atoms with Crippen LogP contribution in [0, 0.1) is 18.8 Å². The maximum atomic E-state index is 11.8. The van der Waals surface area contributed by atoms with Gasteiger partial charge in [-0.15, -0.1) is 5.92 Å². The van der Waals surface area contributed by atoms with Gasteiger partial charge in [0.1, 0.15) is 23.9 Å². The van der Waals surface area contributed by atoms with Crippen molar-refractivity contribution in [2.45, 2.75) is 52.1 Å². The molecule has 0 spiro atoms. The van der Waals surface area contributed by atoms with Gasteiger partial charge in [-0.3, -0.25) is 4.79 Å². The molecule has 0 N–H and O–H groups in total. The third-order valence-corrected chi connectivity index (χ3v) is 7.88. The molecule has 39 heavy (non-hydrogen) atoms. The molecular weight excluding hydrogens is 508 g/mol. The zero-order valence-corrected chi connectivity index (χ0v) is 24.0. The molecule has 0 heterocycles. The first-order chi connectivity index (χ1) is 18.9. The highest BCUT2D eigenvalue weighted by Gasteiger charge is 2.22. The summed E-state index contributed by atoms with van der Waals surface area (Å²) < 4.78 is 28.3. The fraction of sp³-hybridized carbons (Fsp3) is 0.364. The fourth-order valence-electron chi connectivity index (χ4n) is 5.14. The molecule has 1 aliphatic carbocycles. The van der Waals surface area contributed by atoms with Gasteiger partial charge in [0.15, 0.2) is 0 Å². The van der Waals surface area contributed by atoms with Crippen LogP contribution in [0.15, 0.2) is 54.6 Å². The minimum atomic E-state index is -0.788. The Bertz CT molecular complexity index is 1350. The van der Waals surface area contributed by atoms with Gasteiger partial charge in [-0.1, -0.05) is 47.4 Å². The summed E-state index contributed by atoms with van der Waals surface area (Å²) in [6.45, 7) is 4.98. The van der Waals surface area contributed by atoms with Crippen LogP contribution in [-0.2, 0) is 40.2 Å². The average molecular weight is 545 g/mol. The van der Waals surface area contributed by atoms with E-state index in [1.165, 1.54) is 40.5 Å². The molecule has 0 aliphatic heterocycles. The molecule has 5 nitrogen and oxygen atoms in total. The van der Waals surface area contributed by atoms with Gasteiger partial charge in [-0.25, -0.2) is 0 Å². The molecular formula is C33H36O5S. The van der Waals surface area contributed by atoms with Gasteiger partial charge in [0.25, 0.3) is 0 Å². The number of carbonyl (C=O) groups excluding carboxylic acids is 1. The maximum Gasteiger partial charge on any atom is 0.307 e. The predicted molar refractivity (Wildman–Crippen MR) is 157 cm³/mol. The van der Waals surface area contributed by atoms with Crippen LogP contribution in [0.3, 0.4) is 0 Å². The Morgan fingerprint density at radius 1 is 1.08 bits per heavy atom. The van der Waals surface area contributed by atoms with Crippen molar-refractivity contribution in [3.05, 3.63) is 82.4 Å². The van der Waals surface area contributed by atoms with E-state index in [4.69, 9.17) is 14.2 Å². The van der Waals surface area contributed by atoms with Crippen molar-refractivity contribution in [2.75, 3.05) is 25.7 Å². The molecule has 4 rings (SSSR count). The summed E-state index contributed by atoms with van der Waals surface area (Å²) in [4.78, 5) is 11.8. The van der Waals surface area contributed by atoms with Gasteiger partial charge in [0.2, 0.25) is 0 Å². The first-order valence-electron chi connectivity index (χ1n) is 13.3. The van der Waals surface area contributed by atoms with Crippen LogP contribution in [-0.4, -0.2) is 36.2 Å². The summed E-state index contributed by atoms with van der Waals surface area (Å²) in [7, 11) is 1.39. The Labute approximate surface area is 235 Å². The van der Waals surface area contributed by atoms with Crippen molar-refractivity contribution < 1.29 is 23.6 Å². The van der Waals surface area contributed by atoms with Crippen molar-refractivity contribution >= 4 is 17.1 Å². The Hall–Kier alpha value is -3.40. The van der Waals surface area contributed by atoms with Gasteiger partial charge in [0.05, 0.1) is 32.3 Å². The van der Waals surface area contributed by atoms with Gasteiger partial charge >= 0.3 is 5.97 Å². The Morgan fingerprint density at radius 2 is 1.87 bits per heavy atom. The molecule has 3 aromatic carbocycles. The zero-order valence-electron chi connectivity index (χ0n) is 23.2. The molecule has 1 aliphatic rings. The normalized spacial score (nSPS) is 13.3. The van der Waals surface area contributed by atoms with E-state index in [-0.39, 0.29) is 18.3 Å². The van der Waals surface area contributed by atoms with Gasteiger partial charge in [-0.05, 0) is 89.9 Å². The van der Waals surface area contributed by atoms with Crippen LogP contribution in [0.4, 0.5) is 0 Å². The van der Waals surface area contributed by atoms with E-state index in [2.05, 4.69) is 49.1 Å². The minimum absolute atomic E-state index is 0.200. The first kappa shape index (κ1) is 28.6. The standard InChI is InChI=1S/C33H36O5S/c1-5-8-25(21-32(34)36-3)24-11-14-28(15-12-24)38-22-27-9-6-10-31-30(27)16-13-26-20-29(19-23(2)33(26)31)37-17-7-18-39(4)35/h6,9-12,14-15,19-20,25H,7,13,16-18,21-22H2,1-4H3/t25-,39?/m0/s1. The number of methoxy groups -OCH3 is 1. The number of rotatable bonds is 11. The zero-order chi connectivity index (χ0) is 27.8. The van der Waals surface area contributed by atoms with Crippen LogP contribution in [0.25, 0.3) is 11.1 Å². The second-order valence-electron chi connectivity index (χ2n) is 9.78. The third-order valence-electron chi connectivity index (χ3n) is 7.02. The highest BCUT2D eigenvalue weighted by molar-refractivity contribution is 7.90. The second-order valence-corrected chi connectivity index (χ2v) is 11.3. The number of carbonyl (C=O) groups is 1. The van der Waals surface area contributed by atoms with E-state index in [0.29, 0.717) is 19.0 Å². The van der Waals surface area contributed by atoms with E-state index in [1.807, 2.05) is 24.3 Å². The summed E-state index contributed by atoms with van der Waals surface area (Å²) in [6.07, 6.45) is 4.64. The van der Waals surface area contributed by atoms with E-state index in [9.17, 15) is 9.35 Å². The molecule has 2 atom stereocenters. The number of aryl methyl sites for hydroxylation is 2. The number of esters is 1. The van der Waals surface area contributed by atoms with Crippen molar-refractivity contribution in [1.29, 1.82) is 0 Å². The van der Waals surface area contributed by atoms with E-state index < -0.39 is 11.2 Å². The van der Waals surface area contributed by atoms with Crippen LogP contribution in [0.1, 0.15) is 53.5 Å². The van der Waals surface area contributed by atoms with Crippen LogP contribution in [0.2, 0.25) is 0 Å². The molecule has 0 amide bonds. The van der Waals surface area contributed by atoms with E-state index >= 15 is 0 Å². The lowest BCUT2D eigenvalue weighted by molar-refractivity contribution is -0.140. The molecule has 0 saturated heterocycles. The minimum Gasteiger partial charge on any atom is -0.617 e. The largest absolute Gasteiger partial charge is 0.617 e. The highest BCUT2D eigenvalue weighted by atomic mass is 32.2.